The number of nitrogens with one attached hydrogen (secondary N) is 2. The van der Waals surface area contributed by atoms with Crippen LogP contribution < -0.4 is 15.5 Å². The van der Waals surface area contributed by atoms with Gasteiger partial charge in [0.2, 0.25) is 0 Å². The van der Waals surface area contributed by atoms with E-state index in [1.165, 1.54) is 32.1 Å². The summed E-state index contributed by atoms with van der Waals surface area (Å²) < 4.78 is 0.845. The predicted octanol–water partition coefficient (Wildman–Crippen LogP) is 2.16. The third-order valence-electron chi connectivity index (χ3n) is 5.75. The highest BCUT2D eigenvalue weighted by molar-refractivity contribution is 9.10. The molecule has 3 atom stereocenters. The molecular formula is C19H31BrN4O2. The van der Waals surface area contributed by atoms with Crippen molar-refractivity contribution >= 4 is 21.7 Å². The lowest BCUT2D eigenvalue weighted by molar-refractivity contribution is 0.147. The zero-order valence-corrected chi connectivity index (χ0v) is 17.1. The third-order valence-corrected chi connectivity index (χ3v) is 6.19. The molecule has 1 aromatic heterocycles. The second kappa shape index (κ2) is 9.46. The lowest BCUT2D eigenvalue weighted by Crippen LogP contribution is -2.54. The van der Waals surface area contributed by atoms with Crippen molar-refractivity contribution in [3.05, 3.63) is 22.3 Å². The van der Waals surface area contributed by atoms with Crippen molar-refractivity contribution in [2.45, 2.75) is 56.8 Å². The van der Waals surface area contributed by atoms with Gasteiger partial charge in [-0.15, -0.1) is 0 Å². The van der Waals surface area contributed by atoms with Crippen molar-refractivity contribution in [2.24, 2.45) is 5.92 Å². The van der Waals surface area contributed by atoms with Gasteiger partial charge in [0.15, 0.2) is 0 Å². The predicted molar refractivity (Wildman–Crippen MR) is 107 cm³/mol. The summed E-state index contributed by atoms with van der Waals surface area (Å²) in [7, 11) is 1.73. The maximum Gasteiger partial charge on any atom is 0.135 e. The molecule has 0 bridgehead atoms. The van der Waals surface area contributed by atoms with E-state index in [-0.39, 0.29) is 12.5 Å². The van der Waals surface area contributed by atoms with Crippen LogP contribution in [0.15, 0.2) is 16.7 Å². The van der Waals surface area contributed by atoms with Crippen LogP contribution in [0.25, 0.3) is 0 Å². The van der Waals surface area contributed by atoms with Crippen LogP contribution in [0.2, 0.25) is 0 Å². The van der Waals surface area contributed by atoms with Crippen LogP contribution in [0.5, 0.6) is 0 Å². The number of piperidine rings is 1. The smallest absolute Gasteiger partial charge is 0.135 e. The maximum absolute atomic E-state index is 10.3. The minimum absolute atomic E-state index is 0.168. The molecule has 2 heterocycles. The zero-order valence-electron chi connectivity index (χ0n) is 15.5. The topological polar surface area (TPSA) is 80.7 Å². The molecule has 1 aliphatic carbocycles. The normalized spacial score (nSPS) is 26.1. The Morgan fingerprint density at radius 3 is 2.77 bits per heavy atom. The zero-order chi connectivity index (χ0) is 18.5. The number of aromatic nitrogens is 1. The summed E-state index contributed by atoms with van der Waals surface area (Å²) in [6, 6.07) is 2.86. The van der Waals surface area contributed by atoms with Gasteiger partial charge in [-0.2, -0.15) is 0 Å². The standard InChI is InChI=1S/C19H31BrN4O2/c1-21-19(26)16-9-14(20)10-22-18(16)24-8-7-17(13(11-24)12-25)23-15-5-3-2-4-6-15/h9-10,13,15,17,19,21,23,25-26H,2-8,11-12H2,1H3. The average molecular weight is 427 g/mol. The van der Waals surface area contributed by atoms with E-state index in [9.17, 15) is 10.2 Å². The molecule has 146 valence electrons. The number of pyridine rings is 1. The summed E-state index contributed by atoms with van der Waals surface area (Å²) in [6.07, 6.45) is 8.47. The van der Waals surface area contributed by atoms with E-state index >= 15 is 0 Å². The van der Waals surface area contributed by atoms with Crippen LogP contribution in [0.1, 0.15) is 50.3 Å². The lowest BCUT2D eigenvalue weighted by Gasteiger charge is -2.41. The van der Waals surface area contributed by atoms with Crippen LogP contribution in [-0.2, 0) is 0 Å². The van der Waals surface area contributed by atoms with Gasteiger partial charge in [0.25, 0.3) is 0 Å². The quantitative estimate of drug-likeness (QED) is 0.521. The number of rotatable bonds is 6. The summed E-state index contributed by atoms with van der Waals surface area (Å²) in [5, 5.41) is 27.0. The molecule has 3 unspecified atom stereocenters. The molecule has 1 saturated heterocycles. The average Bonchev–Trinajstić information content (AvgIpc) is 2.68. The number of hydrogen-bond acceptors (Lipinski definition) is 6. The van der Waals surface area contributed by atoms with Gasteiger partial charge in [-0.05, 0) is 48.3 Å². The summed E-state index contributed by atoms with van der Waals surface area (Å²) >= 11 is 3.44. The van der Waals surface area contributed by atoms with Crippen LogP contribution in [-0.4, -0.2) is 54.0 Å². The van der Waals surface area contributed by atoms with Gasteiger partial charge >= 0.3 is 0 Å². The Hall–Kier alpha value is -0.730. The fraction of sp³-hybridized carbons (Fsp3) is 0.737. The Kier molecular flexibility index (Phi) is 7.28. The van der Waals surface area contributed by atoms with Crippen LogP contribution in [0.3, 0.4) is 0 Å². The largest absolute Gasteiger partial charge is 0.396 e. The van der Waals surface area contributed by atoms with Crippen LogP contribution in [0, 0.1) is 5.92 Å². The fourth-order valence-corrected chi connectivity index (χ4v) is 4.62. The Bertz CT molecular complexity index is 583. The maximum atomic E-state index is 10.3. The first-order valence-corrected chi connectivity index (χ1v) is 10.5. The Morgan fingerprint density at radius 2 is 2.08 bits per heavy atom. The van der Waals surface area contributed by atoms with E-state index in [0.29, 0.717) is 12.1 Å². The van der Waals surface area contributed by atoms with Crippen LogP contribution >= 0.6 is 15.9 Å². The number of hydrogen-bond donors (Lipinski definition) is 4. The van der Waals surface area contributed by atoms with Gasteiger partial charge in [-0.25, -0.2) is 4.98 Å². The van der Waals surface area contributed by atoms with Gasteiger partial charge in [0, 0.05) is 53.9 Å². The highest BCUT2D eigenvalue weighted by Gasteiger charge is 2.32. The molecule has 4 N–H and O–H groups in total. The van der Waals surface area contributed by atoms with E-state index in [1.807, 2.05) is 6.07 Å². The second-order valence-electron chi connectivity index (χ2n) is 7.54. The molecule has 0 aromatic carbocycles. The minimum atomic E-state index is -0.763. The van der Waals surface area contributed by atoms with Gasteiger partial charge in [0.1, 0.15) is 12.0 Å². The van der Waals surface area contributed by atoms with E-state index in [0.717, 1.165) is 35.4 Å². The van der Waals surface area contributed by atoms with E-state index < -0.39 is 6.23 Å². The Balaban J connectivity index is 1.70. The van der Waals surface area contributed by atoms with Crippen molar-refractivity contribution in [1.82, 2.24) is 15.6 Å². The number of aliphatic hydroxyl groups is 2. The molecule has 2 aliphatic rings. The SMILES string of the molecule is CNC(O)c1cc(Br)cnc1N1CCC(NC2CCCCC2)C(CO)C1. The molecule has 26 heavy (non-hydrogen) atoms. The number of anilines is 1. The van der Waals surface area contributed by atoms with Gasteiger partial charge in [-0.1, -0.05) is 19.3 Å². The second-order valence-corrected chi connectivity index (χ2v) is 8.46. The summed E-state index contributed by atoms with van der Waals surface area (Å²) in [6.45, 7) is 1.79. The molecule has 0 radical (unpaired) electrons. The lowest BCUT2D eigenvalue weighted by atomic mass is 9.89. The first-order valence-electron chi connectivity index (χ1n) is 9.75. The minimum Gasteiger partial charge on any atom is -0.396 e. The molecule has 6 nitrogen and oxygen atoms in total. The summed E-state index contributed by atoms with van der Waals surface area (Å²) in [5.41, 5.74) is 0.761. The Labute approximate surface area is 164 Å². The molecule has 7 heteroatoms. The van der Waals surface area contributed by atoms with Crippen molar-refractivity contribution in [3.8, 4) is 0 Å². The molecule has 1 saturated carbocycles. The highest BCUT2D eigenvalue weighted by Crippen LogP contribution is 2.30. The molecule has 1 aromatic rings. The van der Waals surface area contributed by atoms with Crippen molar-refractivity contribution in [1.29, 1.82) is 0 Å². The highest BCUT2D eigenvalue weighted by atomic mass is 79.9. The number of nitrogens with zero attached hydrogens (tertiary/aromatic N) is 2. The van der Waals surface area contributed by atoms with Crippen LogP contribution in [0.4, 0.5) is 5.82 Å². The van der Waals surface area contributed by atoms with Crippen molar-refractivity contribution < 1.29 is 10.2 Å². The van der Waals surface area contributed by atoms with Gasteiger partial charge < -0.3 is 20.4 Å². The summed E-state index contributed by atoms with van der Waals surface area (Å²) in [4.78, 5) is 6.75. The fourth-order valence-electron chi connectivity index (χ4n) is 4.27. The summed E-state index contributed by atoms with van der Waals surface area (Å²) in [5.74, 6) is 0.973. The number of aliphatic hydroxyl groups excluding tert-OH is 2. The van der Waals surface area contributed by atoms with Crippen molar-refractivity contribution in [2.75, 3.05) is 31.6 Å². The molecular weight excluding hydrogens is 396 g/mol. The number of halogens is 1. The molecule has 3 rings (SSSR count). The van der Waals surface area contributed by atoms with Gasteiger partial charge in [0.05, 0.1) is 0 Å². The molecule has 0 amide bonds. The molecule has 1 aliphatic heterocycles. The van der Waals surface area contributed by atoms with Gasteiger partial charge in [-0.3, -0.25) is 5.32 Å². The first kappa shape index (κ1) is 20.0. The Morgan fingerprint density at radius 1 is 1.31 bits per heavy atom. The van der Waals surface area contributed by atoms with E-state index in [2.05, 4.69) is 36.4 Å². The van der Waals surface area contributed by atoms with E-state index in [4.69, 9.17) is 0 Å². The molecule has 0 spiro atoms. The first-order chi connectivity index (χ1) is 12.6. The molecule has 2 fully saturated rings. The monoisotopic (exact) mass is 426 g/mol. The van der Waals surface area contributed by atoms with Crippen molar-refractivity contribution in [3.63, 3.8) is 0 Å². The third kappa shape index (κ3) is 4.75. The van der Waals surface area contributed by atoms with E-state index in [1.54, 1.807) is 13.2 Å².